The third kappa shape index (κ3) is 2.55. The summed E-state index contributed by atoms with van der Waals surface area (Å²) in [4.78, 5) is 28.2. The molecule has 1 amide bonds. The smallest absolute Gasteiger partial charge is 0.329 e. The number of carbonyl (C=O) groups is 2. The molecule has 3 rings (SSSR count). The van der Waals surface area contributed by atoms with Crippen molar-refractivity contribution in [3.63, 3.8) is 0 Å². The third-order valence-electron chi connectivity index (χ3n) is 3.96. The zero-order valence-corrected chi connectivity index (χ0v) is 12.2. The Morgan fingerprint density at radius 2 is 2.14 bits per heavy atom. The number of carbonyl (C=O) groups excluding carboxylic acids is 1. The van der Waals surface area contributed by atoms with Crippen molar-refractivity contribution in [2.45, 2.75) is 25.3 Å². The molecular formula is C15H17N3O4. The molecule has 1 fully saturated rings. The number of carboxylic acid groups (broad SMARTS) is 1. The number of aryl methyl sites for hydroxylation is 1. The van der Waals surface area contributed by atoms with Crippen LogP contribution in [0.1, 0.15) is 28.9 Å². The first-order valence-electron chi connectivity index (χ1n) is 7.09. The molecule has 0 unspecified atom stereocenters. The summed E-state index contributed by atoms with van der Waals surface area (Å²) in [5.41, 5.74) is 0.622. The summed E-state index contributed by atoms with van der Waals surface area (Å²) in [5, 5.41) is 12.1. The number of nitrogens with zero attached hydrogens (tertiary/aromatic N) is 2. The summed E-state index contributed by atoms with van der Waals surface area (Å²) < 4.78 is 6.92. The van der Waals surface area contributed by atoms with Crippen LogP contribution in [0, 0.1) is 6.92 Å². The van der Waals surface area contributed by atoms with E-state index in [2.05, 4.69) is 10.3 Å². The monoisotopic (exact) mass is 303 g/mol. The van der Waals surface area contributed by atoms with Gasteiger partial charge in [0, 0.05) is 38.4 Å². The molecule has 1 saturated heterocycles. The van der Waals surface area contributed by atoms with Crippen molar-refractivity contribution in [1.29, 1.82) is 0 Å². The van der Waals surface area contributed by atoms with Crippen molar-refractivity contribution < 1.29 is 19.4 Å². The van der Waals surface area contributed by atoms with Crippen LogP contribution in [0.15, 0.2) is 24.5 Å². The standard InChI is InChI=1S/C15H17N3O4/c1-10-2-5-18-9-11(16-12(18)8-10)13(19)17-15(14(20)21)3-6-22-7-4-15/h2,5,8-9H,3-4,6-7H2,1H3,(H,17,19)(H,20,21). The van der Waals surface area contributed by atoms with Crippen LogP contribution in [-0.4, -0.2) is 45.1 Å². The molecule has 2 aromatic heterocycles. The van der Waals surface area contributed by atoms with E-state index in [-0.39, 0.29) is 18.5 Å². The van der Waals surface area contributed by atoms with Gasteiger partial charge in [-0.3, -0.25) is 4.79 Å². The van der Waals surface area contributed by atoms with Gasteiger partial charge in [0.1, 0.15) is 16.9 Å². The van der Waals surface area contributed by atoms with Gasteiger partial charge in [0.15, 0.2) is 0 Å². The number of hydrogen-bond donors (Lipinski definition) is 2. The fraction of sp³-hybridized carbons (Fsp3) is 0.400. The molecule has 0 aliphatic carbocycles. The van der Waals surface area contributed by atoms with Gasteiger partial charge in [0.25, 0.3) is 5.91 Å². The van der Waals surface area contributed by atoms with E-state index in [1.54, 1.807) is 10.6 Å². The lowest BCUT2D eigenvalue weighted by Crippen LogP contribution is -2.57. The Hall–Kier alpha value is -2.41. The van der Waals surface area contributed by atoms with E-state index >= 15 is 0 Å². The van der Waals surface area contributed by atoms with Gasteiger partial charge in [0.05, 0.1) is 0 Å². The van der Waals surface area contributed by atoms with Crippen molar-refractivity contribution >= 4 is 17.5 Å². The van der Waals surface area contributed by atoms with Crippen LogP contribution in [0.2, 0.25) is 0 Å². The van der Waals surface area contributed by atoms with Gasteiger partial charge in [-0.2, -0.15) is 0 Å². The van der Waals surface area contributed by atoms with Gasteiger partial charge in [-0.1, -0.05) is 0 Å². The largest absolute Gasteiger partial charge is 0.480 e. The number of rotatable bonds is 3. The number of ether oxygens (including phenoxy) is 1. The van der Waals surface area contributed by atoms with Crippen molar-refractivity contribution in [3.05, 3.63) is 35.8 Å². The zero-order chi connectivity index (χ0) is 15.7. The van der Waals surface area contributed by atoms with Crippen LogP contribution in [0.4, 0.5) is 0 Å². The number of amides is 1. The Labute approximate surface area is 126 Å². The van der Waals surface area contributed by atoms with Crippen LogP contribution < -0.4 is 5.32 Å². The van der Waals surface area contributed by atoms with Gasteiger partial charge in [-0.15, -0.1) is 0 Å². The predicted molar refractivity (Wildman–Crippen MR) is 77.8 cm³/mol. The van der Waals surface area contributed by atoms with E-state index in [0.717, 1.165) is 5.56 Å². The number of nitrogens with one attached hydrogen (secondary N) is 1. The van der Waals surface area contributed by atoms with E-state index in [1.807, 2.05) is 25.3 Å². The van der Waals surface area contributed by atoms with E-state index < -0.39 is 17.4 Å². The number of aromatic nitrogens is 2. The predicted octanol–water partition coefficient (Wildman–Crippen LogP) is 1.01. The summed E-state index contributed by atoms with van der Waals surface area (Å²) in [7, 11) is 0. The maximum Gasteiger partial charge on any atom is 0.329 e. The van der Waals surface area contributed by atoms with Crippen LogP contribution in [0.5, 0.6) is 0 Å². The van der Waals surface area contributed by atoms with Crippen LogP contribution >= 0.6 is 0 Å². The minimum absolute atomic E-state index is 0.206. The molecule has 0 aromatic carbocycles. The Morgan fingerprint density at radius 3 is 2.82 bits per heavy atom. The SMILES string of the molecule is Cc1ccn2cc(C(=O)NC3(C(=O)O)CCOCC3)nc2c1. The molecule has 2 N–H and O–H groups in total. The Kier molecular flexibility index (Phi) is 3.58. The summed E-state index contributed by atoms with van der Waals surface area (Å²) in [6, 6.07) is 3.77. The molecule has 7 heteroatoms. The van der Waals surface area contributed by atoms with Crippen molar-refractivity contribution in [3.8, 4) is 0 Å². The topological polar surface area (TPSA) is 92.9 Å². The summed E-state index contributed by atoms with van der Waals surface area (Å²) >= 11 is 0. The molecule has 1 aliphatic heterocycles. The quantitative estimate of drug-likeness (QED) is 0.882. The molecule has 0 saturated carbocycles. The van der Waals surface area contributed by atoms with Crippen molar-refractivity contribution in [2.24, 2.45) is 0 Å². The molecule has 1 aliphatic rings. The van der Waals surface area contributed by atoms with Gasteiger partial charge < -0.3 is 19.6 Å². The Morgan fingerprint density at radius 1 is 1.41 bits per heavy atom. The number of carboxylic acids is 1. The summed E-state index contributed by atoms with van der Waals surface area (Å²) in [6.07, 6.45) is 3.91. The third-order valence-corrected chi connectivity index (χ3v) is 3.96. The van der Waals surface area contributed by atoms with Crippen LogP contribution in [-0.2, 0) is 9.53 Å². The average Bonchev–Trinajstić information content (AvgIpc) is 2.91. The average molecular weight is 303 g/mol. The highest BCUT2D eigenvalue weighted by atomic mass is 16.5. The molecule has 3 heterocycles. The van der Waals surface area contributed by atoms with E-state index in [4.69, 9.17) is 4.74 Å². The molecule has 0 atom stereocenters. The number of fused-ring (bicyclic) bond motifs is 1. The second-order valence-corrected chi connectivity index (χ2v) is 5.55. The normalized spacial score (nSPS) is 17.3. The minimum atomic E-state index is -1.28. The first-order chi connectivity index (χ1) is 10.5. The molecule has 7 nitrogen and oxygen atoms in total. The lowest BCUT2D eigenvalue weighted by atomic mass is 9.90. The molecule has 0 spiro atoms. The highest BCUT2D eigenvalue weighted by Gasteiger charge is 2.42. The zero-order valence-electron chi connectivity index (χ0n) is 12.2. The fourth-order valence-electron chi connectivity index (χ4n) is 2.59. The highest BCUT2D eigenvalue weighted by molar-refractivity contribution is 5.96. The van der Waals surface area contributed by atoms with Gasteiger partial charge in [0.2, 0.25) is 0 Å². The molecule has 2 aromatic rings. The molecule has 116 valence electrons. The van der Waals surface area contributed by atoms with Gasteiger partial charge >= 0.3 is 5.97 Å². The maximum atomic E-state index is 12.4. The maximum absolute atomic E-state index is 12.4. The van der Waals surface area contributed by atoms with E-state index in [1.165, 1.54) is 0 Å². The second kappa shape index (κ2) is 5.42. The van der Waals surface area contributed by atoms with Crippen LogP contribution in [0.25, 0.3) is 5.65 Å². The first-order valence-corrected chi connectivity index (χ1v) is 7.09. The lowest BCUT2D eigenvalue weighted by Gasteiger charge is -2.33. The van der Waals surface area contributed by atoms with E-state index in [9.17, 15) is 14.7 Å². The minimum Gasteiger partial charge on any atom is -0.480 e. The number of pyridine rings is 1. The summed E-state index contributed by atoms with van der Waals surface area (Å²) in [5.74, 6) is -1.52. The number of hydrogen-bond acceptors (Lipinski definition) is 4. The number of imidazole rings is 1. The number of aliphatic carboxylic acids is 1. The van der Waals surface area contributed by atoms with Crippen LogP contribution in [0.3, 0.4) is 0 Å². The first kappa shape index (κ1) is 14.5. The second-order valence-electron chi connectivity index (χ2n) is 5.55. The Bertz CT molecular complexity index is 731. The van der Waals surface area contributed by atoms with Gasteiger partial charge in [-0.25, -0.2) is 9.78 Å². The molecule has 22 heavy (non-hydrogen) atoms. The molecule has 0 radical (unpaired) electrons. The van der Waals surface area contributed by atoms with Crippen molar-refractivity contribution in [2.75, 3.05) is 13.2 Å². The lowest BCUT2D eigenvalue weighted by molar-refractivity contribution is -0.148. The fourth-order valence-corrected chi connectivity index (χ4v) is 2.59. The summed E-state index contributed by atoms with van der Waals surface area (Å²) in [6.45, 7) is 2.57. The Balaban J connectivity index is 1.86. The van der Waals surface area contributed by atoms with Crippen molar-refractivity contribution in [1.82, 2.24) is 14.7 Å². The molecular weight excluding hydrogens is 286 g/mol. The molecule has 0 bridgehead atoms. The van der Waals surface area contributed by atoms with Gasteiger partial charge in [-0.05, 0) is 24.6 Å². The highest BCUT2D eigenvalue weighted by Crippen LogP contribution is 2.22. The van der Waals surface area contributed by atoms with E-state index in [0.29, 0.717) is 18.9 Å².